The first-order valence-electron chi connectivity index (χ1n) is 9.28. The molecular formula is C22H27NO2. The van der Waals surface area contributed by atoms with Crippen LogP contribution in [0.4, 0.5) is 0 Å². The van der Waals surface area contributed by atoms with Crippen LogP contribution in [0.2, 0.25) is 0 Å². The SMILES string of the molecule is Cc1cccc([C@@H](CC(=O)NC2CCCCC2)c2ccccc2)c1O. The minimum absolute atomic E-state index is 0.0710. The van der Waals surface area contributed by atoms with Crippen molar-refractivity contribution in [1.82, 2.24) is 5.32 Å². The highest BCUT2D eigenvalue weighted by Gasteiger charge is 2.23. The van der Waals surface area contributed by atoms with Gasteiger partial charge in [0.15, 0.2) is 0 Å². The second kappa shape index (κ2) is 8.19. The van der Waals surface area contributed by atoms with Crippen molar-refractivity contribution >= 4 is 5.91 Å². The number of hydrogen-bond donors (Lipinski definition) is 2. The van der Waals surface area contributed by atoms with Crippen molar-refractivity contribution in [3.8, 4) is 5.75 Å². The number of phenolic OH excluding ortho intramolecular Hbond substituents is 1. The maximum Gasteiger partial charge on any atom is 0.221 e. The molecular weight excluding hydrogens is 310 g/mol. The van der Waals surface area contributed by atoms with Crippen LogP contribution >= 0.6 is 0 Å². The van der Waals surface area contributed by atoms with Crippen molar-refractivity contribution in [1.29, 1.82) is 0 Å². The van der Waals surface area contributed by atoms with Crippen molar-refractivity contribution in [2.75, 3.05) is 0 Å². The summed E-state index contributed by atoms with van der Waals surface area (Å²) in [4.78, 5) is 12.7. The molecule has 0 aliphatic heterocycles. The maximum atomic E-state index is 12.7. The molecule has 0 unspecified atom stereocenters. The van der Waals surface area contributed by atoms with Crippen LogP contribution < -0.4 is 5.32 Å². The zero-order valence-corrected chi connectivity index (χ0v) is 14.9. The van der Waals surface area contributed by atoms with Crippen LogP contribution in [0.25, 0.3) is 0 Å². The van der Waals surface area contributed by atoms with E-state index in [1.54, 1.807) is 0 Å². The van der Waals surface area contributed by atoms with Crippen LogP contribution in [0.1, 0.15) is 61.1 Å². The molecule has 0 radical (unpaired) electrons. The third-order valence-electron chi connectivity index (χ3n) is 5.21. The first kappa shape index (κ1) is 17.5. The normalized spacial score (nSPS) is 16.4. The second-order valence-corrected chi connectivity index (χ2v) is 7.08. The number of rotatable bonds is 5. The number of para-hydroxylation sites is 1. The Morgan fingerprint density at radius 1 is 1.08 bits per heavy atom. The molecule has 0 bridgehead atoms. The first-order chi connectivity index (χ1) is 12.1. The Morgan fingerprint density at radius 2 is 1.80 bits per heavy atom. The summed E-state index contributed by atoms with van der Waals surface area (Å²) in [7, 11) is 0. The number of aromatic hydroxyl groups is 1. The molecule has 25 heavy (non-hydrogen) atoms. The summed E-state index contributed by atoms with van der Waals surface area (Å²) in [6.07, 6.45) is 6.19. The van der Waals surface area contributed by atoms with E-state index in [1.807, 2.05) is 55.5 Å². The van der Waals surface area contributed by atoms with Crippen LogP contribution in [0.15, 0.2) is 48.5 Å². The third kappa shape index (κ3) is 4.41. The van der Waals surface area contributed by atoms with Gasteiger partial charge in [0.1, 0.15) is 5.75 Å². The lowest BCUT2D eigenvalue weighted by atomic mass is 9.86. The van der Waals surface area contributed by atoms with E-state index in [-0.39, 0.29) is 11.8 Å². The van der Waals surface area contributed by atoms with Gasteiger partial charge in [-0.1, -0.05) is 67.8 Å². The Kier molecular flexibility index (Phi) is 5.75. The van der Waals surface area contributed by atoms with Crippen molar-refractivity contribution < 1.29 is 9.90 Å². The topological polar surface area (TPSA) is 49.3 Å². The van der Waals surface area contributed by atoms with Gasteiger partial charge >= 0.3 is 0 Å². The Bertz CT molecular complexity index is 705. The summed E-state index contributed by atoms with van der Waals surface area (Å²) in [5, 5.41) is 13.7. The molecule has 1 atom stereocenters. The molecule has 0 heterocycles. The zero-order valence-electron chi connectivity index (χ0n) is 14.9. The highest BCUT2D eigenvalue weighted by molar-refractivity contribution is 5.78. The van der Waals surface area contributed by atoms with E-state index in [1.165, 1.54) is 19.3 Å². The van der Waals surface area contributed by atoms with E-state index in [4.69, 9.17) is 0 Å². The molecule has 132 valence electrons. The number of hydrogen-bond acceptors (Lipinski definition) is 2. The van der Waals surface area contributed by atoms with Crippen LogP contribution in [0.3, 0.4) is 0 Å². The van der Waals surface area contributed by atoms with Gasteiger partial charge in [0.05, 0.1) is 0 Å². The van der Waals surface area contributed by atoms with Gasteiger partial charge in [-0.25, -0.2) is 0 Å². The van der Waals surface area contributed by atoms with Crippen LogP contribution in [0, 0.1) is 6.92 Å². The summed E-state index contributed by atoms with van der Waals surface area (Å²) in [5.41, 5.74) is 2.72. The molecule has 3 nitrogen and oxygen atoms in total. The molecule has 2 aromatic rings. The molecule has 3 rings (SSSR count). The van der Waals surface area contributed by atoms with Gasteiger partial charge in [0.25, 0.3) is 0 Å². The van der Waals surface area contributed by atoms with Crippen molar-refractivity contribution in [2.24, 2.45) is 0 Å². The summed E-state index contributed by atoms with van der Waals surface area (Å²) in [6, 6.07) is 16.1. The number of nitrogens with one attached hydrogen (secondary N) is 1. The summed E-state index contributed by atoms with van der Waals surface area (Å²) < 4.78 is 0. The predicted octanol–water partition coefficient (Wildman–Crippen LogP) is 4.67. The molecule has 2 aromatic carbocycles. The number of amides is 1. The van der Waals surface area contributed by atoms with Gasteiger partial charge in [-0.2, -0.15) is 0 Å². The smallest absolute Gasteiger partial charge is 0.221 e. The van der Waals surface area contributed by atoms with Gasteiger partial charge in [-0.15, -0.1) is 0 Å². The molecule has 2 N–H and O–H groups in total. The third-order valence-corrected chi connectivity index (χ3v) is 5.21. The molecule has 1 fully saturated rings. The number of benzene rings is 2. The molecule has 0 saturated heterocycles. The zero-order chi connectivity index (χ0) is 17.6. The lowest BCUT2D eigenvalue weighted by molar-refractivity contribution is -0.122. The summed E-state index contributed by atoms with van der Waals surface area (Å²) >= 11 is 0. The van der Waals surface area contributed by atoms with Crippen LogP contribution in [0.5, 0.6) is 5.75 Å². The van der Waals surface area contributed by atoms with Gasteiger partial charge in [0, 0.05) is 23.9 Å². The molecule has 1 aliphatic rings. The molecule has 1 aliphatic carbocycles. The summed E-state index contributed by atoms with van der Waals surface area (Å²) in [6.45, 7) is 1.89. The standard InChI is InChI=1S/C22H27NO2/c1-16-9-8-14-19(22(16)25)20(17-10-4-2-5-11-17)15-21(24)23-18-12-6-3-7-13-18/h2,4-5,8-11,14,18,20,25H,3,6-7,12-13,15H2,1H3,(H,23,24)/t20-/m0/s1. The van der Waals surface area contributed by atoms with Gasteiger partial charge < -0.3 is 10.4 Å². The van der Waals surface area contributed by atoms with Crippen molar-refractivity contribution in [2.45, 2.75) is 57.4 Å². The molecule has 0 aromatic heterocycles. The quantitative estimate of drug-likeness (QED) is 0.833. The van der Waals surface area contributed by atoms with E-state index in [2.05, 4.69) is 5.32 Å². The Balaban J connectivity index is 1.82. The maximum absolute atomic E-state index is 12.7. The summed E-state index contributed by atoms with van der Waals surface area (Å²) in [5.74, 6) is 0.230. The number of carbonyl (C=O) groups is 1. The Hall–Kier alpha value is -2.29. The monoisotopic (exact) mass is 337 g/mol. The predicted molar refractivity (Wildman–Crippen MR) is 101 cm³/mol. The highest BCUT2D eigenvalue weighted by atomic mass is 16.3. The van der Waals surface area contributed by atoms with E-state index < -0.39 is 0 Å². The number of carbonyl (C=O) groups excluding carboxylic acids is 1. The molecule has 1 saturated carbocycles. The van der Waals surface area contributed by atoms with Gasteiger partial charge in [0.2, 0.25) is 5.91 Å². The lowest BCUT2D eigenvalue weighted by Crippen LogP contribution is -2.36. The van der Waals surface area contributed by atoms with E-state index in [9.17, 15) is 9.90 Å². The fourth-order valence-electron chi connectivity index (χ4n) is 3.77. The molecule has 0 spiro atoms. The minimum Gasteiger partial charge on any atom is -0.507 e. The Labute approximate surface area is 150 Å². The average Bonchev–Trinajstić information content (AvgIpc) is 2.64. The van der Waals surface area contributed by atoms with E-state index in [0.717, 1.165) is 29.5 Å². The largest absolute Gasteiger partial charge is 0.507 e. The minimum atomic E-state index is -0.135. The van der Waals surface area contributed by atoms with Gasteiger partial charge in [-0.3, -0.25) is 4.79 Å². The second-order valence-electron chi connectivity index (χ2n) is 7.08. The first-order valence-corrected chi connectivity index (χ1v) is 9.28. The number of phenols is 1. The Morgan fingerprint density at radius 3 is 2.52 bits per heavy atom. The lowest BCUT2D eigenvalue weighted by Gasteiger charge is -2.25. The molecule has 1 amide bonds. The number of aryl methyl sites for hydroxylation is 1. The van der Waals surface area contributed by atoms with Crippen LogP contribution in [-0.4, -0.2) is 17.1 Å². The van der Waals surface area contributed by atoms with Gasteiger partial charge in [-0.05, 0) is 30.9 Å². The van der Waals surface area contributed by atoms with Crippen molar-refractivity contribution in [3.05, 3.63) is 65.2 Å². The fourth-order valence-corrected chi connectivity index (χ4v) is 3.77. The van der Waals surface area contributed by atoms with Crippen molar-refractivity contribution in [3.63, 3.8) is 0 Å². The average molecular weight is 337 g/mol. The van der Waals surface area contributed by atoms with E-state index >= 15 is 0 Å². The fraction of sp³-hybridized carbons (Fsp3) is 0.409. The highest BCUT2D eigenvalue weighted by Crippen LogP contribution is 2.35. The molecule has 3 heteroatoms. The van der Waals surface area contributed by atoms with Crippen LogP contribution in [-0.2, 0) is 4.79 Å². The van der Waals surface area contributed by atoms with E-state index in [0.29, 0.717) is 18.2 Å².